The van der Waals surface area contributed by atoms with Crippen LogP contribution in [0, 0.1) is 22.7 Å². The molecule has 0 saturated heterocycles. The van der Waals surface area contributed by atoms with Crippen LogP contribution >= 0.6 is 0 Å². The standard InChI is InChI=1S/C44H26N4/c45-27-29-20-22-42-38(24-29)37-17-9-16-35(44(37)47(42)34-13-2-1-3-14-34)32-12-8-11-30(25-32)31-21-23-43-39(26-31)36-15-5-7-19-41(36)48(43)40-18-6-4-10-33(40)28-46/h1-26H. The van der Waals surface area contributed by atoms with Crippen molar-refractivity contribution in [3.63, 3.8) is 0 Å². The monoisotopic (exact) mass is 610 g/mol. The van der Waals surface area contributed by atoms with Gasteiger partial charge in [-0.05, 0) is 83.4 Å². The molecule has 0 radical (unpaired) electrons. The third-order valence-electron chi connectivity index (χ3n) is 9.38. The fraction of sp³-hybridized carbons (Fsp3) is 0. The van der Waals surface area contributed by atoms with Crippen molar-refractivity contribution in [3.8, 4) is 45.8 Å². The first-order chi connectivity index (χ1) is 23.7. The van der Waals surface area contributed by atoms with Crippen molar-refractivity contribution in [1.82, 2.24) is 9.13 Å². The highest BCUT2D eigenvalue weighted by atomic mass is 15.0. The van der Waals surface area contributed by atoms with E-state index in [0.717, 1.165) is 77.2 Å². The van der Waals surface area contributed by atoms with Gasteiger partial charge < -0.3 is 9.13 Å². The quantitative estimate of drug-likeness (QED) is 0.199. The maximum Gasteiger partial charge on any atom is 0.101 e. The Bertz CT molecular complexity index is 2800. The number of benzene rings is 7. The zero-order valence-electron chi connectivity index (χ0n) is 25.8. The van der Waals surface area contributed by atoms with Gasteiger partial charge in [0, 0.05) is 32.8 Å². The van der Waals surface area contributed by atoms with E-state index >= 15 is 0 Å². The van der Waals surface area contributed by atoms with Gasteiger partial charge >= 0.3 is 0 Å². The molecule has 48 heavy (non-hydrogen) atoms. The van der Waals surface area contributed by atoms with Gasteiger partial charge in [0.05, 0.1) is 45.0 Å². The Hall–Kier alpha value is -6.88. The molecule has 0 fully saturated rings. The summed E-state index contributed by atoms with van der Waals surface area (Å²) >= 11 is 0. The lowest BCUT2D eigenvalue weighted by molar-refractivity contribution is 1.17. The molecule has 0 aliphatic rings. The van der Waals surface area contributed by atoms with Crippen molar-refractivity contribution in [2.45, 2.75) is 0 Å². The molecule has 7 aromatic carbocycles. The predicted octanol–water partition coefficient (Wildman–Crippen LogP) is 11.0. The van der Waals surface area contributed by atoms with E-state index in [4.69, 9.17) is 0 Å². The van der Waals surface area contributed by atoms with E-state index in [1.165, 1.54) is 0 Å². The van der Waals surface area contributed by atoms with Gasteiger partial charge in [0.1, 0.15) is 6.07 Å². The van der Waals surface area contributed by atoms with E-state index < -0.39 is 0 Å². The molecule has 0 unspecified atom stereocenters. The number of hydrogen-bond donors (Lipinski definition) is 0. The van der Waals surface area contributed by atoms with Crippen molar-refractivity contribution in [3.05, 3.63) is 169 Å². The van der Waals surface area contributed by atoms with E-state index in [9.17, 15) is 10.5 Å². The normalized spacial score (nSPS) is 11.3. The summed E-state index contributed by atoms with van der Waals surface area (Å²) in [7, 11) is 0. The summed E-state index contributed by atoms with van der Waals surface area (Å²) in [6.07, 6.45) is 0. The van der Waals surface area contributed by atoms with Crippen molar-refractivity contribution in [1.29, 1.82) is 10.5 Å². The van der Waals surface area contributed by atoms with Crippen LogP contribution in [0.25, 0.3) is 77.2 Å². The lowest BCUT2D eigenvalue weighted by Crippen LogP contribution is -1.97. The molecule has 0 bridgehead atoms. The van der Waals surface area contributed by atoms with Gasteiger partial charge in [0.15, 0.2) is 0 Å². The molecule has 0 aliphatic carbocycles. The highest BCUT2D eigenvalue weighted by molar-refractivity contribution is 6.14. The number of rotatable bonds is 4. The second-order valence-corrected chi connectivity index (χ2v) is 12.0. The highest BCUT2D eigenvalue weighted by Gasteiger charge is 2.18. The van der Waals surface area contributed by atoms with E-state index in [2.05, 4.69) is 130 Å². The van der Waals surface area contributed by atoms with Crippen LogP contribution in [0.4, 0.5) is 0 Å². The molecule has 2 heterocycles. The predicted molar refractivity (Wildman–Crippen MR) is 195 cm³/mol. The Kier molecular flexibility index (Phi) is 6.22. The lowest BCUT2D eigenvalue weighted by atomic mass is 9.96. The Morgan fingerprint density at radius 3 is 1.96 bits per heavy atom. The van der Waals surface area contributed by atoms with Crippen LogP contribution < -0.4 is 0 Å². The Balaban J connectivity index is 1.25. The van der Waals surface area contributed by atoms with Gasteiger partial charge in [0.25, 0.3) is 0 Å². The zero-order valence-corrected chi connectivity index (χ0v) is 25.8. The second-order valence-electron chi connectivity index (χ2n) is 12.0. The molecule has 0 atom stereocenters. The molecule has 4 heteroatoms. The molecule has 0 saturated carbocycles. The van der Waals surface area contributed by atoms with E-state index in [1.807, 2.05) is 48.5 Å². The summed E-state index contributed by atoms with van der Waals surface area (Å²) in [5, 5.41) is 24.1. The number of nitriles is 2. The number of aromatic nitrogens is 2. The number of hydrogen-bond acceptors (Lipinski definition) is 2. The van der Waals surface area contributed by atoms with Crippen LogP contribution in [0.5, 0.6) is 0 Å². The minimum absolute atomic E-state index is 0.642. The van der Waals surface area contributed by atoms with Gasteiger partial charge in [-0.3, -0.25) is 0 Å². The Labute approximate surface area is 277 Å². The molecule has 4 nitrogen and oxygen atoms in total. The SMILES string of the molecule is N#Cc1ccc2c(c1)c1cccc(-c3cccc(-c4ccc5c(c4)c4ccccc4n5-c4ccccc4C#N)c3)c1n2-c1ccccc1. The summed E-state index contributed by atoms with van der Waals surface area (Å²) in [5.74, 6) is 0. The van der Waals surface area contributed by atoms with Gasteiger partial charge in [-0.15, -0.1) is 0 Å². The molecule has 9 rings (SSSR count). The Morgan fingerprint density at radius 2 is 1.08 bits per heavy atom. The van der Waals surface area contributed by atoms with Crippen molar-refractivity contribution in [2.75, 3.05) is 0 Å². The van der Waals surface area contributed by atoms with Gasteiger partial charge in [-0.1, -0.05) is 91.0 Å². The molecule has 9 aromatic rings. The van der Waals surface area contributed by atoms with Crippen LogP contribution in [0.2, 0.25) is 0 Å². The van der Waals surface area contributed by atoms with E-state index in [0.29, 0.717) is 11.1 Å². The molecule has 2 aromatic heterocycles. The van der Waals surface area contributed by atoms with Crippen molar-refractivity contribution < 1.29 is 0 Å². The summed E-state index contributed by atoms with van der Waals surface area (Å²) in [4.78, 5) is 0. The number of fused-ring (bicyclic) bond motifs is 6. The first-order valence-electron chi connectivity index (χ1n) is 15.9. The van der Waals surface area contributed by atoms with Crippen LogP contribution in [-0.4, -0.2) is 9.13 Å². The van der Waals surface area contributed by atoms with Gasteiger partial charge in [-0.2, -0.15) is 10.5 Å². The molecular formula is C44H26N4. The van der Waals surface area contributed by atoms with Gasteiger partial charge in [0.2, 0.25) is 0 Å². The lowest BCUT2D eigenvalue weighted by Gasteiger charge is -2.13. The molecule has 0 spiro atoms. The van der Waals surface area contributed by atoms with Crippen LogP contribution in [0.1, 0.15) is 11.1 Å². The van der Waals surface area contributed by atoms with E-state index in [1.54, 1.807) is 0 Å². The third kappa shape index (κ3) is 4.14. The largest absolute Gasteiger partial charge is 0.309 e. The first-order valence-corrected chi connectivity index (χ1v) is 15.9. The van der Waals surface area contributed by atoms with Crippen LogP contribution in [0.15, 0.2) is 158 Å². The van der Waals surface area contributed by atoms with E-state index in [-0.39, 0.29) is 0 Å². The number of nitrogens with zero attached hydrogens (tertiary/aromatic N) is 4. The fourth-order valence-electron chi connectivity index (χ4n) is 7.26. The van der Waals surface area contributed by atoms with Crippen LogP contribution in [0.3, 0.4) is 0 Å². The maximum atomic E-state index is 9.91. The molecular weight excluding hydrogens is 585 g/mol. The molecule has 0 N–H and O–H groups in total. The minimum atomic E-state index is 0.642. The summed E-state index contributed by atoms with van der Waals surface area (Å²) < 4.78 is 4.51. The molecule has 222 valence electrons. The third-order valence-corrected chi connectivity index (χ3v) is 9.38. The highest BCUT2D eigenvalue weighted by Crippen LogP contribution is 2.40. The average molecular weight is 611 g/mol. The molecule has 0 aliphatic heterocycles. The van der Waals surface area contributed by atoms with Gasteiger partial charge in [-0.25, -0.2) is 0 Å². The van der Waals surface area contributed by atoms with Crippen molar-refractivity contribution >= 4 is 43.6 Å². The second kappa shape index (κ2) is 10.9. The Morgan fingerprint density at radius 1 is 0.417 bits per heavy atom. The topological polar surface area (TPSA) is 57.4 Å². The summed E-state index contributed by atoms with van der Waals surface area (Å²) in [6, 6.07) is 59.1. The number of para-hydroxylation sites is 4. The molecule has 0 amide bonds. The smallest absolute Gasteiger partial charge is 0.101 e. The maximum absolute atomic E-state index is 9.91. The average Bonchev–Trinajstić information content (AvgIpc) is 3.67. The fourth-order valence-corrected chi connectivity index (χ4v) is 7.26. The summed E-state index contributed by atoms with van der Waals surface area (Å²) in [6.45, 7) is 0. The van der Waals surface area contributed by atoms with Crippen molar-refractivity contribution in [2.24, 2.45) is 0 Å². The zero-order chi connectivity index (χ0) is 32.2. The van der Waals surface area contributed by atoms with Crippen LogP contribution in [-0.2, 0) is 0 Å². The first kappa shape index (κ1) is 27.4. The summed E-state index contributed by atoms with van der Waals surface area (Å²) in [5.41, 5.74) is 12.0. The minimum Gasteiger partial charge on any atom is -0.309 e.